The monoisotopic (exact) mass is 376 g/mol. The molecule has 1 aromatic rings. The molecule has 1 heterocycles. The van der Waals surface area contributed by atoms with Gasteiger partial charge in [-0.1, -0.05) is 6.92 Å². The minimum atomic E-state index is 0.614. The fraction of sp³-hybridized carbons (Fsp3) is 0.667. The van der Waals surface area contributed by atoms with Crippen LogP contribution in [0.2, 0.25) is 0 Å². The molecule has 27 heavy (non-hydrogen) atoms. The van der Waals surface area contributed by atoms with Crippen molar-refractivity contribution in [3.05, 3.63) is 18.2 Å². The van der Waals surface area contributed by atoms with Gasteiger partial charge < -0.3 is 25.0 Å². The van der Waals surface area contributed by atoms with Gasteiger partial charge in [-0.15, -0.1) is 0 Å². The highest BCUT2D eigenvalue weighted by atomic mass is 16.5. The van der Waals surface area contributed by atoms with E-state index in [0.717, 1.165) is 36.3 Å². The first-order chi connectivity index (χ1) is 13.2. The summed E-state index contributed by atoms with van der Waals surface area (Å²) in [4.78, 5) is 6.90. The van der Waals surface area contributed by atoms with E-state index in [9.17, 15) is 0 Å². The third kappa shape index (κ3) is 7.29. The Labute approximate surface area is 164 Å². The van der Waals surface area contributed by atoms with Gasteiger partial charge in [0.1, 0.15) is 0 Å². The van der Waals surface area contributed by atoms with Crippen molar-refractivity contribution in [3.63, 3.8) is 0 Å². The zero-order valence-electron chi connectivity index (χ0n) is 17.4. The Kier molecular flexibility index (Phi) is 9.25. The number of unbranched alkanes of at least 4 members (excludes halogenated alkanes) is 1. The highest BCUT2D eigenvalue weighted by molar-refractivity contribution is 5.93. The number of aliphatic imine (C=N–C) groups is 1. The van der Waals surface area contributed by atoms with Gasteiger partial charge in [0.05, 0.1) is 13.7 Å². The number of guanidine groups is 1. The van der Waals surface area contributed by atoms with E-state index in [1.165, 1.54) is 38.9 Å². The summed E-state index contributed by atoms with van der Waals surface area (Å²) in [5, 5.41) is 6.70. The minimum Gasteiger partial charge on any atom is -0.493 e. The van der Waals surface area contributed by atoms with Crippen LogP contribution in [0.5, 0.6) is 11.5 Å². The Bertz CT molecular complexity index is 584. The number of nitrogens with zero attached hydrogens (tertiary/aromatic N) is 2. The van der Waals surface area contributed by atoms with E-state index in [1.807, 2.05) is 25.1 Å². The van der Waals surface area contributed by atoms with Gasteiger partial charge >= 0.3 is 0 Å². The largest absolute Gasteiger partial charge is 0.493 e. The van der Waals surface area contributed by atoms with Crippen LogP contribution in [-0.4, -0.2) is 57.8 Å². The van der Waals surface area contributed by atoms with Crippen LogP contribution in [-0.2, 0) is 0 Å². The van der Waals surface area contributed by atoms with Crippen molar-refractivity contribution >= 4 is 11.6 Å². The van der Waals surface area contributed by atoms with Crippen LogP contribution in [0.4, 0.5) is 5.69 Å². The van der Waals surface area contributed by atoms with E-state index >= 15 is 0 Å². The summed E-state index contributed by atoms with van der Waals surface area (Å²) in [6.45, 7) is 9.58. The number of hydrogen-bond donors (Lipinski definition) is 2. The van der Waals surface area contributed by atoms with E-state index in [0.29, 0.717) is 12.4 Å². The number of benzene rings is 1. The van der Waals surface area contributed by atoms with Crippen molar-refractivity contribution < 1.29 is 9.47 Å². The SMILES string of the molecule is CCOc1ccc(NC(=NC)NCCCCN2CCC(C)CC2)cc1OC. The lowest BCUT2D eigenvalue weighted by molar-refractivity contribution is 0.189. The van der Waals surface area contributed by atoms with Gasteiger partial charge in [-0.3, -0.25) is 4.99 Å². The molecule has 2 rings (SSSR count). The van der Waals surface area contributed by atoms with Crippen LogP contribution < -0.4 is 20.1 Å². The second-order valence-electron chi connectivity index (χ2n) is 7.15. The fourth-order valence-electron chi connectivity index (χ4n) is 3.29. The predicted molar refractivity (Wildman–Crippen MR) is 113 cm³/mol. The second kappa shape index (κ2) is 11.7. The number of anilines is 1. The minimum absolute atomic E-state index is 0.614. The Morgan fingerprint density at radius 3 is 2.67 bits per heavy atom. The molecule has 0 aliphatic carbocycles. The van der Waals surface area contributed by atoms with Crippen molar-refractivity contribution in [2.24, 2.45) is 10.9 Å². The summed E-state index contributed by atoms with van der Waals surface area (Å²) in [6, 6.07) is 5.81. The summed E-state index contributed by atoms with van der Waals surface area (Å²) in [6.07, 6.45) is 5.05. The number of hydrogen-bond acceptors (Lipinski definition) is 4. The molecule has 0 saturated carbocycles. The molecule has 0 spiro atoms. The average Bonchev–Trinajstić information content (AvgIpc) is 2.69. The smallest absolute Gasteiger partial charge is 0.195 e. The molecule has 1 aromatic carbocycles. The van der Waals surface area contributed by atoms with Gasteiger partial charge in [-0.25, -0.2) is 0 Å². The Balaban J connectivity index is 1.71. The van der Waals surface area contributed by atoms with Crippen LogP contribution in [0, 0.1) is 5.92 Å². The maximum absolute atomic E-state index is 5.56. The molecule has 0 bridgehead atoms. The van der Waals surface area contributed by atoms with Crippen molar-refractivity contribution in [3.8, 4) is 11.5 Å². The molecule has 6 nitrogen and oxygen atoms in total. The fourth-order valence-corrected chi connectivity index (χ4v) is 3.29. The van der Waals surface area contributed by atoms with Crippen LogP contribution in [0.1, 0.15) is 39.5 Å². The Morgan fingerprint density at radius 1 is 1.22 bits per heavy atom. The van der Waals surface area contributed by atoms with Crippen molar-refractivity contribution in [2.75, 3.05) is 52.3 Å². The summed E-state index contributed by atoms with van der Waals surface area (Å²) in [5.41, 5.74) is 0.922. The third-order valence-corrected chi connectivity index (χ3v) is 5.02. The summed E-state index contributed by atoms with van der Waals surface area (Å²) >= 11 is 0. The zero-order chi connectivity index (χ0) is 19.5. The maximum atomic E-state index is 5.56. The Hall–Kier alpha value is -1.95. The number of ether oxygens (including phenoxy) is 2. The van der Waals surface area contributed by atoms with Gasteiger partial charge in [0.25, 0.3) is 0 Å². The standard InChI is InChI=1S/C21H36N4O2/c1-5-27-19-9-8-18(16-20(19)26-4)24-21(22-3)23-12-6-7-13-25-14-10-17(2)11-15-25/h8-9,16-17H,5-7,10-15H2,1-4H3,(H2,22,23,24). The molecular formula is C21H36N4O2. The van der Waals surface area contributed by atoms with E-state index in [-0.39, 0.29) is 0 Å². The molecule has 0 amide bonds. The average molecular weight is 377 g/mol. The molecule has 2 N–H and O–H groups in total. The lowest BCUT2D eigenvalue weighted by atomic mass is 9.99. The Morgan fingerprint density at radius 2 is 2.00 bits per heavy atom. The molecule has 1 aliphatic heterocycles. The summed E-state index contributed by atoms with van der Waals surface area (Å²) in [7, 11) is 3.44. The number of methoxy groups -OCH3 is 1. The lowest BCUT2D eigenvalue weighted by Gasteiger charge is -2.30. The predicted octanol–water partition coefficient (Wildman–Crippen LogP) is 3.59. The molecule has 1 aliphatic rings. The maximum Gasteiger partial charge on any atom is 0.195 e. The second-order valence-corrected chi connectivity index (χ2v) is 7.15. The van der Waals surface area contributed by atoms with Crippen molar-refractivity contribution in [1.82, 2.24) is 10.2 Å². The highest BCUT2D eigenvalue weighted by Crippen LogP contribution is 2.30. The molecule has 152 valence electrons. The first kappa shape index (κ1) is 21.4. The summed E-state index contributed by atoms with van der Waals surface area (Å²) < 4.78 is 11.0. The van der Waals surface area contributed by atoms with Gasteiger partial charge in [0.2, 0.25) is 0 Å². The van der Waals surface area contributed by atoms with Gasteiger partial charge in [0.15, 0.2) is 17.5 Å². The van der Waals surface area contributed by atoms with E-state index < -0.39 is 0 Å². The molecule has 0 aromatic heterocycles. The highest BCUT2D eigenvalue weighted by Gasteiger charge is 2.14. The van der Waals surface area contributed by atoms with Gasteiger partial charge in [-0.2, -0.15) is 0 Å². The molecule has 1 saturated heterocycles. The zero-order valence-corrected chi connectivity index (χ0v) is 17.4. The van der Waals surface area contributed by atoms with Crippen molar-refractivity contribution in [2.45, 2.75) is 39.5 Å². The lowest BCUT2D eigenvalue weighted by Crippen LogP contribution is -2.34. The van der Waals surface area contributed by atoms with Crippen LogP contribution in [0.3, 0.4) is 0 Å². The molecule has 6 heteroatoms. The van der Waals surface area contributed by atoms with E-state index in [1.54, 1.807) is 14.2 Å². The number of likely N-dealkylation sites (tertiary alicyclic amines) is 1. The van der Waals surface area contributed by atoms with Gasteiger partial charge in [0, 0.05) is 25.3 Å². The number of piperidine rings is 1. The van der Waals surface area contributed by atoms with Crippen LogP contribution >= 0.6 is 0 Å². The molecule has 0 radical (unpaired) electrons. The van der Waals surface area contributed by atoms with Crippen molar-refractivity contribution in [1.29, 1.82) is 0 Å². The quantitative estimate of drug-likeness (QED) is 0.392. The molecule has 1 fully saturated rings. The normalized spacial score (nSPS) is 16.2. The first-order valence-corrected chi connectivity index (χ1v) is 10.2. The molecule has 0 atom stereocenters. The van der Waals surface area contributed by atoms with Gasteiger partial charge in [-0.05, 0) is 70.3 Å². The number of nitrogens with one attached hydrogen (secondary N) is 2. The van der Waals surface area contributed by atoms with E-state index in [2.05, 4.69) is 27.4 Å². The van der Waals surface area contributed by atoms with Crippen LogP contribution in [0.15, 0.2) is 23.2 Å². The first-order valence-electron chi connectivity index (χ1n) is 10.2. The van der Waals surface area contributed by atoms with Crippen LogP contribution in [0.25, 0.3) is 0 Å². The van der Waals surface area contributed by atoms with E-state index in [4.69, 9.17) is 9.47 Å². The molecular weight excluding hydrogens is 340 g/mol. The topological polar surface area (TPSA) is 58.1 Å². The number of rotatable bonds is 9. The molecule has 0 unspecified atom stereocenters. The summed E-state index contributed by atoms with van der Waals surface area (Å²) in [5.74, 6) is 3.14. The third-order valence-electron chi connectivity index (χ3n) is 5.02.